The van der Waals surface area contributed by atoms with Crippen molar-refractivity contribution in [3.05, 3.63) is 45.9 Å². The minimum Gasteiger partial charge on any atom is -0.398 e. The molecule has 0 radical (unpaired) electrons. The summed E-state index contributed by atoms with van der Waals surface area (Å²) in [5.41, 5.74) is 5.84. The average molecular weight is 381 g/mol. The summed E-state index contributed by atoms with van der Waals surface area (Å²) in [6, 6.07) is 4.84. The lowest BCUT2D eigenvalue weighted by atomic mass is 10.3. The highest BCUT2D eigenvalue weighted by Gasteiger charge is 2.21. The zero-order valence-electron chi connectivity index (χ0n) is 9.77. The van der Waals surface area contributed by atoms with Crippen LogP contribution in [0.4, 0.5) is 15.8 Å². The molecule has 0 saturated carbocycles. The minimum absolute atomic E-state index is 0.112. The largest absolute Gasteiger partial charge is 0.398 e. The average Bonchev–Trinajstić information content (AvgIpc) is 2.36. The topological polar surface area (TPSA) is 85.1 Å². The predicted molar refractivity (Wildman–Crippen MR) is 78.6 cm³/mol. The van der Waals surface area contributed by atoms with Gasteiger partial charge in [0.05, 0.1) is 11.9 Å². The van der Waals surface area contributed by atoms with Crippen molar-refractivity contribution in [2.24, 2.45) is 0 Å². The predicted octanol–water partition coefficient (Wildman–Crippen LogP) is 3.02. The molecule has 0 aliphatic rings. The summed E-state index contributed by atoms with van der Waals surface area (Å²) in [5.74, 6) is -0.916. The van der Waals surface area contributed by atoms with Gasteiger partial charge >= 0.3 is 0 Å². The molecule has 5 nitrogen and oxygen atoms in total. The molecule has 0 aliphatic heterocycles. The van der Waals surface area contributed by atoms with E-state index in [-0.39, 0.29) is 21.0 Å². The highest BCUT2D eigenvalue weighted by atomic mass is 79.9. The van der Waals surface area contributed by atoms with Gasteiger partial charge in [-0.1, -0.05) is 11.6 Å². The molecule has 0 fully saturated rings. The van der Waals surface area contributed by atoms with Gasteiger partial charge in [0, 0.05) is 10.2 Å². The lowest BCUT2D eigenvalue weighted by Crippen LogP contribution is -2.15. The number of pyridine rings is 1. The summed E-state index contributed by atoms with van der Waals surface area (Å²) in [6.45, 7) is 0. The van der Waals surface area contributed by atoms with E-state index in [0.717, 1.165) is 12.1 Å². The van der Waals surface area contributed by atoms with Gasteiger partial charge in [0.2, 0.25) is 0 Å². The fourth-order valence-electron chi connectivity index (χ4n) is 1.40. The molecule has 0 unspecified atom stereocenters. The van der Waals surface area contributed by atoms with Gasteiger partial charge in [-0.15, -0.1) is 0 Å². The first kappa shape index (κ1) is 15.0. The molecule has 1 heterocycles. The van der Waals surface area contributed by atoms with E-state index < -0.39 is 20.7 Å². The summed E-state index contributed by atoms with van der Waals surface area (Å²) < 4.78 is 40.4. The maximum absolute atomic E-state index is 13.8. The summed E-state index contributed by atoms with van der Waals surface area (Å²) in [5, 5.41) is 0.215. The number of aromatic nitrogens is 1. The summed E-state index contributed by atoms with van der Waals surface area (Å²) in [6.07, 6.45) is 1.22. The zero-order valence-corrected chi connectivity index (χ0v) is 12.9. The van der Waals surface area contributed by atoms with Crippen molar-refractivity contribution in [1.29, 1.82) is 0 Å². The summed E-state index contributed by atoms with van der Waals surface area (Å²) in [4.78, 5) is 3.18. The number of nitrogens with one attached hydrogen (secondary N) is 1. The van der Waals surface area contributed by atoms with Crippen LogP contribution in [0.25, 0.3) is 0 Å². The second-order valence-electron chi connectivity index (χ2n) is 3.78. The van der Waals surface area contributed by atoms with Crippen LogP contribution in [0.15, 0.2) is 39.8 Å². The van der Waals surface area contributed by atoms with Crippen LogP contribution in [0.3, 0.4) is 0 Å². The lowest BCUT2D eigenvalue weighted by Gasteiger charge is -2.10. The molecule has 3 N–H and O–H groups in total. The van der Waals surface area contributed by atoms with Crippen molar-refractivity contribution in [3.8, 4) is 0 Å². The van der Waals surface area contributed by atoms with Gasteiger partial charge in [-0.3, -0.25) is 4.72 Å². The fraction of sp³-hybridized carbons (Fsp3) is 0. The van der Waals surface area contributed by atoms with E-state index >= 15 is 0 Å². The molecule has 106 valence electrons. The molecule has 0 amide bonds. The maximum Gasteiger partial charge on any atom is 0.264 e. The Balaban J connectivity index is 2.40. The van der Waals surface area contributed by atoms with Crippen LogP contribution >= 0.6 is 27.5 Å². The van der Waals surface area contributed by atoms with Crippen molar-refractivity contribution < 1.29 is 12.8 Å². The quantitative estimate of drug-likeness (QED) is 0.633. The fourth-order valence-corrected chi connectivity index (χ4v) is 2.96. The molecule has 2 rings (SSSR count). The van der Waals surface area contributed by atoms with Crippen LogP contribution < -0.4 is 10.5 Å². The van der Waals surface area contributed by atoms with Gasteiger partial charge in [-0.2, -0.15) is 0 Å². The van der Waals surface area contributed by atoms with Crippen molar-refractivity contribution in [2.45, 2.75) is 4.90 Å². The Kier molecular flexibility index (Phi) is 4.17. The second-order valence-corrected chi connectivity index (χ2v) is 6.67. The smallest absolute Gasteiger partial charge is 0.264 e. The van der Waals surface area contributed by atoms with Crippen LogP contribution in [0.1, 0.15) is 0 Å². The van der Waals surface area contributed by atoms with E-state index in [1.807, 2.05) is 0 Å². The number of nitrogens with two attached hydrogens (primary N) is 1. The molecule has 0 atom stereocenters. The maximum atomic E-state index is 13.8. The zero-order chi connectivity index (χ0) is 14.9. The number of benzene rings is 1. The van der Waals surface area contributed by atoms with E-state index in [4.69, 9.17) is 17.3 Å². The molecule has 2 aromatic rings. The molecular formula is C11H8BrClFN3O2S. The Morgan fingerprint density at radius 3 is 2.65 bits per heavy atom. The summed E-state index contributed by atoms with van der Waals surface area (Å²) in [7, 11) is -4.11. The van der Waals surface area contributed by atoms with Crippen LogP contribution in [-0.2, 0) is 10.0 Å². The van der Waals surface area contributed by atoms with Crippen LogP contribution in [0.2, 0.25) is 5.15 Å². The molecule has 0 bridgehead atoms. The Labute approximate surface area is 128 Å². The van der Waals surface area contributed by atoms with Crippen molar-refractivity contribution in [3.63, 3.8) is 0 Å². The molecule has 1 aromatic carbocycles. The number of hydrogen-bond acceptors (Lipinski definition) is 4. The third kappa shape index (κ3) is 3.20. The van der Waals surface area contributed by atoms with E-state index in [9.17, 15) is 12.8 Å². The first-order chi connectivity index (χ1) is 9.29. The number of halogens is 3. The lowest BCUT2D eigenvalue weighted by molar-refractivity contribution is 0.570. The molecule has 0 aliphatic carbocycles. The van der Waals surface area contributed by atoms with Gasteiger partial charge in [0.15, 0.2) is 0 Å². The molecule has 0 saturated heterocycles. The molecule has 9 heteroatoms. The van der Waals surface area contributed by atoms with Gasteiger partial charge in [-0.25, -0.2) is 17.8 Å². The normalized spacial score (nSPS) is 11.3. The van der Waals surface area contributed by atoms with Gasteiger partial charge < -0.3 is 5.73 Å². The summed E-state index contributed by atoms with van der Waals surface area (Å²) >= 11 is 8.61. The highest BCUT2D eigenvalue weighted by Crippen LogP contribution is 2.27. The monoisotopic (exact) mass is 379 g/mol. The van der Waals surface area contributed by atoms with Crippen molar-refractivity contribution in [1.82, 2.24) is 4.98 Å². The Hall–Kier alpha value is -1.38. The third-order valence-corrected chi connectivity index (χ3v) is 4.63. The molecular weight excluding hydrogens is 373 g/mol. The molecule has 0 spiro atoms. The highest BCUT2D eigenvalue weighted by molar-refractivity contribution is 9.10. The molecule has 1 aromatic heterocycles. The van der Waals surface area contributed by atoms with Crippen LogP contribution in [0.5, 0.6) is 0 Å². The van der Waals surface area contributed by atoms with Gasteiger partial charge in [0.1, 0.15) is 15.9 Å². The van der Waals surface area contributed by atoms with Crippen LogP contribution in [0, 0.1) is 5.82 Å². The van der Waals surface area contributed by atoms with Gasteiger partial charge in [-0.05, 0) is 40.2 Å². The van der Waals surface area contributed by atoms with Crippen molar-refractivity contribution >= 4 is 48.9 Å². The van der Waals surface area contributed by atoms with Gasteiger partial charge in [0.25, 0.3) is 10.0 Å². The number of sulfonamides is 1. The Morgan fingerprint density at radius 2 is 2.05 bits per heavy atom. The standard InChI is InChI=1S/C11H8BrClFN3O2S/c12-7-3-8(14)10(4-9(7)15)20(18,19)17-6-1-2-11(13)16-5-6/h1-5,17H,15H2. The Bertz CT molecular complexity index is 753. The minimum atomic E-state index is -4.11. The number of hydrogen-bond donors (Lipinski definition) is 2. The van der Waals surface area contributed by atoms with E-state index in [1.54, 1.807) is 0 Å². The molecule has 20 heavy (non-hydrogen) atoms. The third-order valence-electron chi connectivity index (χ3n) is 2.32. The SMILES string of the molecule is Nc1cc(S(=O)(=O)Nc2ccc(Cl)nc2)c(F)cc1Br. The number of rotatable bonds is 3. The second kappa shape index (κ2) is 5.55. The van der Waals surface area contributed by atoms with E-state index in [0.29, 0.717) is 0 Å². The van der Waals surface area contributed by atoms with Crippen molar-refractivity contribution in [2.75, 3.05) is 10.5 Å². The first-order valence-corrected chi connectivity index (χ1v) is 7.84. The van der Waals surface area contributed by atoms with Crippen LogP contribution in [-0.4, -0.2) is 13.4 Å². The van der Waals surface area contributed by atoms with E-state index in [2.05, 4.69) is 25.6 Å². The number of anilines is 2. The number of nitrogen functional groups attached to an aromatic ring is 1. The Morgan fingerprint density at radius 1 is 1.35 bits per heavy atom. The first-order valence-electron chi connectivity index (χ1n) is 5.18. The van der Waals surface area contributed by atoms with E-state index in [1.165, 1.54) is 18.3 Å². The number of nitrogens with zero attached hydrogens (tertiary/aromatic N) is 1.